The molecule has 29 heavy (non-hydrogen) atoms. The molecule has 1 saturated heterocycles. The highest BCUT2D eigenvalue weighted by Gasteiger charge is 2.49. The maximum atomic E-state index is 13.2. The zero-order chi connectivity index (χ0) is 19.8. The van der Waals surface area contributed by atoms with Gasteiger partial charge in [-0.3, -0.25) is 14.7 Å². The van der Waals surface area contributed by atoms with Gasteiger partial charge in [0.15, 0.2) is 5.78 Å². The van der Waals surface area contributed by atoms with Crippen molar-refractivity contribution in [3.05, 3.63) is 71.2 Å². The summed E-state index contributed by atoms with van der Waals surface area (Å²) in [5.74, 6) is 0.242. The third-order valence-corrected chi connectivity index (χ3v) is 6.48. The van der Waals surface area contributed by atoms with Crippen LogP contribution in [0.4, 0.5) is 0 Å². The first kappa shape index (κ1) is 18.8. The molecule has 5 rings (SSSR count). The molecule has 5 nitrogen and oxygen atoms in total. The lowest BCUT2D eigenvalue weighted by Crippen LogP contribution is -2.56. The summed E-state index contributed by atoms with van der Waals surface area (Å²) < 4.78 is 12.3. The van der Waals surface area contributed by atoms with Crippen LogP contribution in [0.3, 0.4) is 0 Å². The summed E-state index contributed by atoms with van der Waals surface area (Å²) in [5.41, 5.74) is 2.66. The molecule has 4 unspecified atom stereocenters. The van der Waals surface area contributed by atoms with Gasteiger partial charge in [0.05, 0.1) is 30.6 Å². The molecular weight excluding hydrogens is 388 g/mol. The molecule has 0 radical (unpaired) electrons. The van der Waals surface area contributed by atoms with E-state index >= 15 is 0 Å². The second-order valence-electron chi connectivity index (χ2n) is 8.06. The Morgan fingerprint density at radius 3 is 2.83 bits per heavy atom. The molecule has 150 valence electrons. The summed E-state index contributed by atoms with van der Waals surface area (Å²) in [6.07, 6.45) is 7.04. The fourth-order valence-electron chi connectivity index (χ4n) is 4.79. The largest absolute Gasteiger partial charge is 0.496 e. The molecule has 1 aliphatic carbocycles. The number of rotatable bonds is 3. The van der Waals surface area contributed by atoms with Crippen molar-refractivity contribution in [2.45, 2.75) is 31.6 Å². The number of carbonyl (C=O) groups is 1. The molecule has 6 heteroatoms. The molecular formula is C23H23ClN2O3. The van der Waals surface area contributed by atoms with Crippen LogP contribution >= 0.6 is 11.6 Å². The quantitative estimate of drug-likeness (QED) is 0.767. The van der Waals surface area contributed by atoms with Crippen LogP contribution < -0.4 is 0 Å². The van der Waals surface area contributed by atoms with Crippen LogP contribution in [0.5, 0.6) is 0 Å². The van der Waals surface area contributed by atoms with E-state index in [-0.39, 0.29) is 29.8 Å². The Morgan fingerprint density at radius 1 is 1.17 bits per heavy atom. The molecule has 2 aliphatic heterocycles. The van der Waals surface area contributed by atoms with Gasteiger partial charge in [-0.15, -0.1) is 0 Å². The van der Waals surface area contributed by atoms with E-state index in [2.05, 4.69) is 16.0 Å². The average molecular weight is 411 g/mol. The van der Waals surface area contributed by atoms with Gasteiger partial charge in [0.1, 0.15) is 6.10 Å². The Hall–Kier alpha value is -2.21. The first-order chi connectivity index (χ1) is 14.2. The van der Waals surface area contributed by atoms with Crippen LogP contribution in [0.1, 0.15) is 24.0 Å². The van der Waals surface area contributed by atoms with Crippen molar-refractivity contribution in [2.75, 3.05) is 13.3 Å². The van der Waals surface area contributed by atoms with Crippen LogP contribution in [0, 0.1) is 11.8 Å². The van der Waals surface area contributed by atoms with Crippen LogP contribution in [0.2, 0.25) is 5.02 Å². The lowest BCUT2D eigenvalue weighted by Gasteiger charge is -2.48. The van der Waals surface area contributed by atoms with Gasteiger partial charge in [-0.05, 0) is 42.2 Å². The number of hydrogen-bond acceptors (Lipinski definition) is 5. The summed E-state index contributed by atoms with van der Waals surface area (Å²) in [4.78, 5) is 19.7. The highest BCUT2D eigenvalue weighted by molar-refractivity contribution is 6.30. The molecule has 3 heterocycles. The van der Waals surface area contributed by atoms with E-state index in [0.29, 0.717) is 17.3 Å². The molecule has 0 spiro atoms. The van der Waals surface area contributed by atoms with Crippen LogP contribution in [-0.2, 0) is 20.8 Å². The Labute approximate surface area is 175 Å². The van der Waals surface area contributed by atoms with E-state index in [1.165, 1.54) is 0 Å². The van der Waals surface area contributed by atoms with Crippen LogP contribution in [-0.4, -0.2) is 41.2 Å². The molecule has 2 fully saturated rings. The summed E-state index contributed by atoms with van der Waals surface area (Å²) >= 11 is 5.99. The molecule has 1 aromatic carbocycles. The molecule has 0 amide bonds. The summed E-state index contributed by atoms with van der Waals surface area (Å²) in [7, 11) is 0. The van der Waals surface area contributed by atoms with E-state index < -0.39 is 0 Å². The predicted molar refractivity (Wildman–Crippen MR) is 110 cm³/mol. The van der Waals surface area contributed by atoms with Crippen molar-refractivity contribution in [1.29, 1.82) is 0 Å². The lowest BCUT2D eigenvalue weighted by molar-refractivity contribution is -0.171. The standard InChI is InChI=1S/C23H23ClN2O3/c24-17-5-3-16(4-6-17)20-13-28-23-18(22(20)27)7-8-21-19(23)12-26(14-29-21)11-15-2-1-9-25-10-15/h1-6,9-10,13,18-19,21,23H,7-8,11-12,14H2. The number of fused-ring (bicyclic) bond motifs is 3. The van der Waals surface area contributed by atoms with Crippen molar-refractivity contribution in [3.8, 4) is 0 Å². The van der Waals surface area contributed by atoms with Gasteiger partial charge in [-0.2, -0.15) is 0 Å². The van der Waals surface area contributed by atoms with Crippen LogP contribution in [0.25, 0.3) is 5.57 Å². The predicted octanol–water partition coefficient (Wildman–Crippen LogP) is 3.93. The van der Waals surface area contributed by atoms with Gasteiger partial charge >= 0.3 is 0 Å². The Kier molecular flexibility index (Phi) is 5.12. The van der Waals surface area contributed by atoms with E-state index in [4.69, 9.17) is 21.1 Å². The third-order valence-electron chi connectivity index (χ3n) is 6.23. The number of halogens is 1. The number of allylic oxidation sites excluding steroid dienone is 1. The molecule has 4 atom stereocenters. The van der Waals surface area contributed by atoms with Crippen molar-refractivity contribution in [3.63, 3.8) is 0 Å². The zero-order valence-electron chi connectivity index (χ0n) is 16.0. The van der Waals surface area contributed by atoms with Crippen molar-refractivity contribution < 1.29 is 14.3 Å². The number of nitrogens with zero attached hydrogens (tertiary/aromatic N) is 2. The van der Waals surface area contributed by atoms with Gasteiger partial charge < -0.3 is 9.47 Å². The molecule has 3 aliphatic rings. The number of pyridine rings is 1. The second kappa shape index (κ2) is 7.90. The Bertz CT molecular complexity index is 915. The molecule has 1 aromatic heterocycles. The zero-order valence-corrected chi connectivity index (χ0v) is 16.8. The molecule has 0 N–H and O–H groups in total. The first-order valence-electron chi connectivity index (χ1n) is 10.1. The second-order valence-corrected chi connectivity index (χ2v) is 8.49. The van der Waals surface area contributed by atoms with Gasteiger partial charge in [-0.25, -0.2) is 0 Å². The first-order valence-corrected chi connectivity index (χ1v) is 10.5. The number of carbonyl (C=O) groups excluding carboxylic acids is 1. The number of aromatic nitrogens is 1. The van der Waals surface area contributed by atoms with Crippen molar-refractivity contribution in [2.24, 2.45) is 11.8 Å². The maximum absolute atomic E-state index is 13.2. The molecule has 1 saturated carbocycles. The average Bonchev–Trinajstić information content (AvgIpc) is 2.75. The van der Waals surface area contributed by atoms with Gasteiger partial charge in [0, 0.05) is 36.4 Å². The Morgan fingerprint density at radius 2 is 2.03 bits per heavy atom. The Balaban J connectivity index is 1.34. The molecule has 2 aromatic rings. The SMILES string of the molecule is O=C1C(c2ccc(Cl)cc2)=COC2C1CCC1OCN(Cc3cccnc3)CC12. The van der Waals surface area contributed by atoms with Crippen molar-refractivity contribution in [1.82, 2.24) is 9.88 Å². The number of Topliss-reactive ketones (excluding diaryl/α,β-unsaturated/α-hetero) is 1. The highest BCUT2D eigenvalue weighted by atomic mass is 35.5. The van der Waals surface area contributed by atoms with Crippen molar-refractivity contribution >= 4 is 23.0 Å². The minimum atomic E-state index is -0.131. The normalized spacial score (nSPS) is 29.4. The summed E-state index contributed by atoms with van der Waals surface area (Å²) in [6, 6.07) is 11.4. The number of benzene rings is 1. The fourth-order valence-corrected chi connectivity index (χ4v) is 4.92. The van der Waals surface area contributed by atoms with Gasteiger partial charge in [-0.1, -0.05) is 29.8 Å². The number of ether oxygens (including phenoxy) is 2. The molecule has 0 bridgehead atoms. The van der Waals surface area contributed by atoms with E-state index in [1.54, 1.807) is 24.6 Å². The third kappa shape index (κ3) is 3.70. The smallest absolute Gasteiger partial charge is 0.173 e. The van der Waals surface area contributed by atoms with Crippen LogP contribution in [0.15, 0.2) is 55.1 Å². The topological polar surface area (TPSA) is 51.7 Å². The van der Waals surface area contributed by atoms with Gasteiger partial charge in [0.25, 0.3) is 0 Å². The van der Waals surface area contributed by atoms with E-state index in [1.807, 2.05) is 24.4 Å². The minimum absolute atomic E-state index is 0.117. The fraction of sp³-hybridized carbons (Fsp3) is 0.391. The number of hydrogen-bond donors (Lipinski definition) is 0. The minimum Gasteiger partial charge on any atom is -0.496 e. The lowest BCUT2D eigenvalue weighted by atomic mass is 9.71. The summed E-state index contributed by atoms with van der Waals surface area (Å²) in [6.45, 7) is 2.25. The van der Waals surface area contributed by atoms with E-state index in [9.17, 15) is 4.79 Å². The maximum Gasteiger partial charge on any atom is 0.173 e. The van der Waals surface area contributed by atoms with E-state index in [0.717, 1.165) is 37.1 Å². The summed E-state index contributed by atoms with van der Waals surface area (Å²) in [5, 5.41) is 0.657. The number of ketones is 1. The van der Waals surface area contributed by atoms with Gasteiger partial charge in [0.2, 0.25) is 0 Å². The highest BCUT2D eigenvalue weighted by Crippen LogP contribution is 2.42. The monoisotopic (exact) mass is 410 g/mol.